The Kier molecular flexibility index (Phi) is 8.05. The first-order chi connectivity index (χ1) is 10.3. The van der Waals surface area contributed by atoms with Crippen molar-refractivity contribution in [1.29, 1.82) is 0 Å². The molecule has 0 radical (unpaired) electrons. The average Bonchev–Trinajstić information content (AvgIpc) is 2.52. The SMILES string of the molecule is CCOC(=O)C(F)(F)[C@@H](N)c1cc(OC)c(OC)c(OC)c1.Cl. The van der Waals surface area contributed by atoms with E-state index in [1.807, 2.05) is 0 Å². The van der Waals surface area contributed by atoms with E-state index in [0.29, 0.717) is 0 Å². The van der Waals surface area contributed by atoms with Crippen molar-refractivity contribution in [2.45, 2.75) is 18.9 Å². The molecule has 0 saturated carbocycles. The number of benzene rings is 1. The Bertz CT molecular complexity index is 517. The Balaban J connectivity index is 0.00000484. The van der Waals surface area contributed by atoms with Crippen molar-refractivity contribution in [1.82, 2.24) is 0 Å². The van der Waals surface area contributed by atoms with Gasteiger partial charge >= 0.3 is 11.9 Å². The van der Waals surface area contributed by atoms with Crippen LogP contribution in [0.5, 0.6) is 17.2 Å². The van der Waals surface area contributed by atoms with Crippen LogP contribution in [-0.4, -0.2) is 39.8 Å². The predicted octanol–water partition coefficient (Wildman–Crippen LogP) is 2.33. The number of rotatable bonds is 7. The summed E-state index contributed by atoms with van der Waals surface area (Å²) in [7, 11) is 4.07. The fourth-order valence-electron chi connectivity index (χ4n) is 1.84. The number of carbonyl (C=O) groups is 1. The molecule has 0 bridgehead atoms. The van der Waals surface area contributed by atoms with E-state index >= 15 is 0 Å². The molecular weight excluding hydrogens is 336 g/mol. The maximum atomic E-state index is 14.0. The second-order valence-electron chi connectivity index (χ2n) is 4.28. The molecule has 0 spiro atoms. The summed E-state index contributed by atoms with van der Waals surface area (Å²) in [6.45, 7) is 1.26. The van der Waals surface area contributed by atoms with E-state index in [1.54, 1.807) is 0 Å². The van der Waals surface area contributed by atoms with Gasteiger partial charge in [-0.1, -0.05) is 0 Å². The summed E-state index contributed by atoms with van der Waals surface area (Å²) >= 11 is 0. The molecule has 0 saturated heterocycles. The largest absolute Gasteiger partial charge is 0.493 e. The molecule has 0 unspecified atom stereocenters. The molecule has 0 fully saturated rings. The van der Waals surface area contributed by atoms with Crippen LogP contribution in [0.15, 0.2) is 12.1 Å². The van der Waals surface area contributed by atoms with Gasteiger partial charge in [-0.25, -0.2) is 4.79 Å². The lowest BCUT2D eigenvalue weighted by molar-refractivity contribution is -0.174. The normalized spacial score (nSPS) is 12.0. The van der Waals surface area contributed by atoms with E-state index < -0.39 is 17.9 Å². The lowest BCUT2D eigenvalue weighted by Crippen LogP contribution is -2.41. The number of hydrogen-bond donors (Lipinski definition) is 1. The number of ether oxygens (including phenoxy) is 4. The Morgan fingerprint density at radius 3 is 2.00 bits per heavy atom. The smallest absolute Gasteiger partial charge is 0.379 e. The molecule has 0 heterocycles. The topological polar surface area (TPSA) is 80.0 Å². The Morgan fingerprint density at radius 2 is 1.65 bits per heavy atom. The second-order valence-corrected chi connectivity index (χ2v) is 4.28. The van der Waals surface area contributed by atoms with Crippen LogP contribution in [-0.2, 0) is 9.53 Å². The van der Waals surface area contributed by atoms with E-state index in [1.165, 1.54) is 40.4 Å². The standard InChI is InChI=1S/C14H19F2NO5.ClH/c1-5-22-13(18)14(15,16)12(17)8-6-9(19-2)11(21-4)10(7-8)20-3;/h6-7,12H,5,17H2,1-4H3;1H/t12-;/m0./s1. The quantitative estimate of drug-likeness (QED) is 0.756. The van der Waals surface area contributed by atoms with Gasteiger partial charge in [0.05, 0.1) is 27.9 Å². The highest BCUT2D eigenvalue weighted by molar-refractivity contribution is 5.85. The molecule has 1 atom stereocenters. The maximum absolute atomic E-state index is 14.0. The molecule has 0 aliphatic rings. The summed E-state index contributed by atoms with van der Waals surface area (Å²) < 4.78 is 47.6. The highest BCUT2D eigenvalue weighted by atomic mass is 35.5. The van der Waals surface area contributed by atoms with Crippen LogP contribution in [0.2, 0.25) is 0 Å². The van der Waals surface area contributed by atoms with Crippen molar-refractivity contribution in [3.8, 4) is 17.2 Å². The highest BCUT2D eigenvalue weighted by Gasteiger charge is 2.48. The summed E-state index contributed by atoms with van der Waals surface area (Å²) in [4.78, 5) is 11.4. The van der Waals surface area contributed by atoms with Crippen molar-refractivity contribution in [2.24, 2.45) is 5.73 Å². The van der Waals surface area contributed by atoms with Crippen LogP contribution in [0.4, 0.5) is 8.78 Å². The van der Waals surface area contributed by atoms with Crippen molar-refractivity contribution in [3.05, 3.63) is 17.7 Å². The molecule has 0 aliphatic heterocycles. The first-order valence-electron chi connectivity index (χ1n) is 6.43. The first kappa shape index (κ1) is 21.2. The minimum Gasteiger partial charge on any atom is -0.493 e. The number of nitrogens with two attached hydrogens (primary N) is 1. The Morgan fingerprint density at radius 1 is 1.17 bits per heavy atom. The van der Waals surface area contributed by atoms with Gasteiger partial charge in [-0.3, -0.25) is 0 Å². The molecule has 23 heavy (non-hydrogen) atoms. The maximum Gasteiger partial charge on any atom is 0.379 e. The summed E-state index contributed by atoms with van der Waals surface area (Å²) in [6.07, 6.45) is 0. The van der Waals surface area contributed by atoms with Gasteiger partial charge in [0.25, 0.3) is 0 Å². The van der Waals surface area contributed by atoms with Crippen molar-refractivity contribution < 1.29 is 32.5 Å². The summed E-state index contributed by atoms with van der Waals surface area (Å²) in [6, 6.07) is 0.610. The molecule has 9 heteroatoms. The monoisotopic (exact) mass is 355 g/mol. The molecular formula is C14H20ClF2NO5. The molecule has 0 amide bonds. The van der Waals surface area contributed by atoms with Gasteiger partial charge in [-0.15, -0.1) is 12.4 Å². The minimum atomic E-state index is -3.89. The molecule has 2 N–H and O–H groups in total. The van der Waals surface area contributed by atoms with Crippen LogP contribution in [0, 0.1) is 0 Å². The van der Waals surface area contributed by atoms with E-state index in [-0.39, 0.29) is 41.8 Å². The molecule has 1 rings (SSSR count). The number of esters is 1. The van der Waals surface area contributed by atoms with Crippen molar-refractivity contribution >= 4 is 18.4 Å². The van der Waals surface area contributed by atoms with Crippen LogP contribution < -0.4 is 19.9 Å². The summed E-state index contributed by atoms with van der Waals surface area (Å²) in [5.41, 5.74) is 5.49. The third-order valence-corrected chi connectivity index (χ3v) is 2.98. The van der Waals surface area contributed by atoms with Crippen LogP contribution >= 0.6 is 12.4 Å². The number of carbonyl (C=O) groups excluding carboxylic acids is 1. The lowest BCUT2D eigenvalue weighted by atomic mass is 10.0. The van der Waals surface area contributed by atoms with Crippen LogP contribution in [0.1, 0.15) is 18.5 Å². The van der Waals surface area contributed by atoms with E-state index in [9.17, 15) is 13.6 Å². The highest BCUT2D eigenvalue weighted by Crippen LogP contribution is 2.42. The zero-order valence-corrected chi connectivity index (χ0v) is 14.0. The predicted molar refractivity (Wildman–Crippen MR) is 81.9 cm³/mol. The molecule has 1 aromatic rings. The van der Waals surface area contributed by atoms with E-state index in [2.05, 4.69) is 4.74 Å². The van der Waals surface area contributed by atoms with Gasteiger partial charge in [0.15, 0.2) is 11.5 Å². The summed E-state index contributed by atoms with van der Waals surface area (Å²) in [5, 5.41) is 0. The average molecular weight is 356 g/mol. The third-order valence-electron chi connectivity index (χ3n) is 2.98. The number of alkyl halides is 2. The van der Waals surface area contributed by atoms with Crippen molar-refractivity contribution in [2.75, 3.05) is 27.9 Å². The molecule has 132 valence electrons. The van der Waals surface area contributed by atoms with Gasteiger partial charge in [0.2, 0.25) is 5.75 Å². The fourth-order valence-corrected chi connectivity index (χ4v) is 1.84. The molecule has 0 aliphatic carbocycles. The zero-order chi connectivity index (χ0) is 16.9. The lowest BCUT2D eigenvalue weighted by Gasteiger charge is -2.23. The zero-order valence-electron chi connectivity index (χ0n) is 13.2. The Labute approximate surface area is 139 Å². The van der Waals surface area contributed by atoms with Gasteiger partial charge in [-0.2, -0.15) is 8.78 Å². The number of hydrogen-bond acceptors (Lipinski definition) is 6. The molecule has 6 nitrogen and oxygen atoms in total. The third kappa shape index (κ3) is 4.35. The molecule has 0 aromatic heterocycles. The van der Waals surface area contributed by atoms with Crippen LogP contribution in [0.3, 0.4) is 0 Å². The summed E-state index contributed by atoms with van der Waals surface area (Å²) in [5.74, 6) is -5.02. The van der Waals surface area contributed by atoms with E-state index in [0.717, 1.165) is 0 Å². The Hall–Kier alpha value is -1.80. The van der Waals surface area contributed by atoms with Crippen molar-refractivity contribution in [3.63, 3.8) is 0 Å². The second kappa shape index (κ2) is 8.73. The van der Waals surface area contributed by atoms with Gasteiger partial charge in [0, 0.05) is 0 Å². The fraction of sp³-hybridized carbons (Fsp3) is 0.500. The number of methoxy groups -OCH3 is 3. The minimum absolute atomic E-state index is 0. The van der Waals surface area contributed by atoms with Gasteiger partial charge in [0.1, 0.15) is 6.04 Å². The first-order valence-corrected chi connectivity index (χ1v) is 6.43. The van der Waals surface area contributed by atoms with E-state index in [4.69, 9.17) is 19.9 Å². The molecule has 1 aromatic carbocycles. The van der Waals surface area contributed by atoms with Gasteiger partial charge in [-0.05, 0) is 24.6 Å². The van der Waals surface area contributed by atoms with Gasteiger partial charge < -0.3 is 24.7 Å². The van der Waals surface area contributed by atoms with Crippen LogP contribution in [0.25, 0.3) is 0 Å². The number of halogens is 3.